The molecular weight excluding hydrogens is 368 g/mol. The standard InChI is InChI=1S/C21H28N6O2/c1-20(2,3)24-19-22-17(25-9-8-21(4,28)12-25)16-18(23-19)26-11-13-6-7-14(29-5)10-15(13)27(16)26/h6-7,10,28H,8-9,11-12H2,1-5H3,(H,22,23,24)/t21-/m1/s1. The molecule has 0 amide bonds. The van der Waals surface area contributed by atoms with Crippen molar-refractivity contribution >= 4 is 22.9 Å². The Balaban J connectivity index is 1.68. The maximum absolute atomic E-state index is 10.5. The lowest BCUT2D eigenvalue weighted by Gasteiger charge is -2.28. The molecule has 5 rings (SSSR count). The van der Waals surface area contributed by atoms with E-state index in [0.29, 0.717) is 12.5 Å². The van der Waals surface area contributed by atoms with Gasteiger partial charge >= 0.3 is 0 Å². The molecule has 0 spiro atoms. The number of benzene rings is 1. The number of ether oxygens (including phenoxy) is 1. The molecular formula is C21H28N6O2. The molecule has 8 heteroatoms. The van der Waals surface area contributed by atoms with Crippen LogP contribution in [0.1, 0.15) is 39.7 Å². The molecule has 2 aliphatic rings. The predicted octanol–water partition coefficient (Wildman–Crippen LogP) is 2.76. The van der Waals surface area contributed by atoms with Gasteiger partial charge in [-0.15, -0.1) is 0 Å². The molecule has 2 aromatic heterocycles. The van der Waals surface area contributed by atoms with Crippen LogP contribution in [0.5, 0.6) is 5.75 Å². The molecule has 4 heterocycles. The highest BCUT2D eigenvalue weighted by molar-refractivity contribution is 5.90. The first kappa shape index (κ1) is 18.3. The summed E-state index contributed by atoms with van der Waals surface area (Å²) in [5.41, 5.74) is 3.40. The minimum atomic E-state index is -0.703. The van der Waals surface area contributed by atoms with Crippen molar-refractivity contribution in [1.82, 2.24) is 19.3 Å². The molecule has 1 saturated heterocycles. The van der Waals surface area contributed by atoms with Gasteiger partial charge in [-0.3, -0.25) is 4.68 Å². The van der Waals surface area contributed by atoms with Gasteiger partial charge in [0.15, 0.2) is 17.0 Å². The second-order valence-electron chi connectivity index (χ2n) is 9.45. The molecule has 0 radical (unpaired) electrons. The number of hydrogen-bond donors (Lipinski definition) is 2. The summed E-state index contributed by atoms with van der Waals surface area (Å²) in [6.07, 6.45) is 0.724. The summed E-state index contributed by atoms with van der Waals surface area (Å²) in [5, 5.41) is 13.9. The quantitative estimate of drug-likeness (QED) is 0.554. The molecule has 8 nitrogen and oxygen atoms in total. The van der Waals surface area contributed by atoms with Gasteiger partial charge in [-0.05, 0) is 45.7 Å². The van der Waals surface area contributed by atoms with Crippen LogP contribution in [0.25, 0.3) is 16.9 Å². The fraction of sp³-hybridized carbons (Fsp3) is 0.524. The fourth-order valence-corrected chi connectivity index (χ4v) is 4.27. The van der Waals surface area contributed by atoms with Crippen LogP contribution in [-0.2, 0) is 6.54 Å². The smallest absolute Gasteiger partial charge is 0.227 e. The van der Waals surface area contributed by atoms with Crippen LogP contribution in [0.2, 0.25) is 0 Å². The Morgan fingerprint density at radius 2 is 2.03 bits per heavy atom. The number of β-amino-alcohol motifs (C(OH)–C–C–N with tert-alkyl or cyclic N) is 1. The van der Waals surface area contributed by atoms with E-state index >= 15 is 0 Å². The summed E-state index contributed by atoms with van der Waals surface area (Å²) in [4.78, 5) is 11.9. The van der Waals surface area contributed by atoms with Gasteiger partial charge in [0.05, 0.1) is 24.9 Å². The molecule has 2 N–H and O–H groups in total. The number of methoxy groups -OCH3 is 1. The van der Waals surface area contributed by atoms with Crippen LogP contribution in [0.4, 0.5) is 11.8 Å². The van der Waals surface area contributed by atoms with Crippen molar-refractivity contribution < 1.29 is 9.84 Å². The summed E-state index contributed by atoms with van der Waals surface area (Å²) in [6.45, 7) is 10.3. The van der Waals surface area contributed by atoms with Gasteiger partial charge in [0.25, 0.3) is 0 Å². The van der Waals surface area contributed by atoms with Gasteiger partial charge in [0.1, 0.15) is 5.75 Å². The molecule has 1 fully saturated rings. The lowest BCUT2D eigenvalue weighted by Crippen LogP contribution is -2.33. The summed E-state index contributed by atoms with van der Waals surface area (Å²) >= 11 is 0. The molecule has 0 unspecified atom stereocenters. The highest BCUT2D eigenvalue weighted by Gasteiger charge is 2.37. The van der Waals surface area contributed by atoms with E-state index in [9.17, 15) is 5.11 Å². The summed E-state index contributed by atoms with van der Waals surface area (Å²) < 4.78 is 9.79. The molecule has 3 aromatic rings. The summed E-state index contributed by atoms with van der Waals surface area (Å²) in [6, 6.07) is 6.16. The fourth-order valence-electron chi connectivity index (χ4n) is 4.27. The molecule has 0 aliphatic carbocycles. The van der Waals surface area contributed by atoms with Gasteiger partial charge in [0, 0.05) is 24.7 Å². The van der Waals surface area contributed by atoms with Crippen LogP contribution in [0.15, 0.2) is 18.2 Å². The van der Waals surface area contributed by atoms with E-state index in [1.807, 2.05) is 13.0 Å². The highest BCUT2D eigenvalue weighted by Crippen LogP contribution is 2.40. The normalized spacial score (nSPS) is 21.0. The van der Waals surface area contributed by atoms with Gasteiger partial charge in [0.2, 0.25) is 5.95 Å². The highest BCUT2D eigenvalue weighted by atomic mass is 16.5. The first-order valence-corrected chi connectivity index (χ1v) is 10.1. The SMILES string of the molecule is COc1ccc2c(c1)-n1c3c(N4CC[C@@](C)(O)C4)nc(NC(C)(C)C)nc3n1C2. The minimum absolute atomic E-state index is 0.146. The number of anilines is 2. The largest absolute Gasteiger partial charge is 0.497 e. The molecule has 154 valence electrons. The Labute approximate surface area is 170 Å². The van der Waals surface area contributed by atoms with E-state index in [2.05, 4.69) is 52.5 Å². The minimum Gasteiger partial charge on any atom is -0.497 e. The van der Waals surface area contributed by atoms with Crippen molar-refractivity contribution in [1.29, 1.82) is 0 Å². The monoisotopic (exact) mass is 396 g/mol. The topological polar surface area (TPSA) is 80.4 Å². The van der Waals surface area contributed by atoms with E-state index in [0.717, 1.165) is 47.9 Å². The number of hydrogen-bond acceptors (Lipinski definition) is 6. The first-order chi connectivity index (χ1) is 13.6. The Kier molecular flexibility index (Phi) is 3.71. The molecule has 1 atom stereocenters. The molecule has 29 heavy (non-hydrogen) atoms. The molecule has 1 aromatic carbocycles. The summed E-state index contributed by atoms with van der Waals surface area (Å²) in [7, 11) is 1.68. The zero-order chi connectivity index (χ0) is 20.6. The van der Waals surface area contributed by atoms with E-state index in [1.54, 1.807) is 7.11 Å². The average Bonchev–Trinajstić information content (AvgIpc) is 3.15. The summed E-state index contributed by atoms with van der Waals surface area (Å²) in [5.74, 6) is 2.31. The van der Waals surface area contributed by atoms with E-state index < -0.39 is 5.60 Å². The van der Waals surface area contributed by atoms with Crippen LogP contribution < -0.4 is 15.0 Å². The maximum atomic E-state index is 10.5. The third-order valence-corrected chi connectivity index (χ3v) is 5.62. The second-order valence-corrected chi connectivity index (χ2v) is 9.45. The van der Waals surface area contributed by atoms with Crippen molar-refractivity contribution in [2.75, 3.05) is 30.4 Å². The van der Waals surface area contributed by atoms with Crippen molar-refractivity contribution in [3.8, 4) is 11.4 Å². The van der Waals surface area contributed by atoms with Crippen molar-refractivity contribution in [3.63, 3.8) is 0 Å². The van der Waals surface area contributed by atoms with Crippen LogP contribution >= 0.6 is 0 Å². The maximum Gasteiger partial charge on any atom is 0.227 e. The van der Waals surface area contributed by atoms with Gasteiger partial charge in [-0.1, -0.05) is 6.07 Å². The zero-order valence-electron chi connectivity index (χ0n) is 17.7. The number of fused-ring (bicyclic) bond motifs is 6. The van der Waals surface area contributed by atoms with E-state index in [-0.39, 0.29) is 5.54 Å². The lowest BCUT2D eigenvalue weighted by atomic mass is 10.1. The number of rotatable bonds is 3. The van der Waals surface area contributed by atoms with Crippen LogP contribution in [0, 0.1) is 0 Å². The average molecular weight is 396 g/mol. The number of aromatic nitrogens is 4. The van der Waals surface area contributed by atoms with Crippen LogP contribution in [0.3, 0.4) is 0 Å². The van der Waals surface area contributed by atoms with E-state index in [4.69, 9.17) is 14.7 Å². The third kappa shape index (κ3) is 2.93. The zero-order valence-corrected chi connectivity index (χ0v) is 17.7. The molecule has 2 aliphatic heterocycles. The van der Waals surface area contributed by atoms with Crippen molar-refractivity contribution in [3.05, 3.63) is 23.8 Å². The Morgan fingerprint density at radius 1 is 1.24 bits per heavy atom. The molecule has 0 saturated carbocycles. The first-order valence-electron chi connectivity index (χ1n) is 10.1. The molecule has 0 bridgehead atoms. The Morgan fingerprint density at radius 3 is 2.69 bits per heavy atom. The number of nitrogens with zero attached hydrogens (tertiary/aromatic N) is 5. The van der Waals surface area contributed by atoms with E-state index in [1.165, 1.54) is 5.56 Å². The van der Waals surface area contributed by atoms with Gasteiger partial charge < -0.3 is 20.1 Å². The van der Waals surface area contributed by atoms with Gasteiger partial charge in [-0.25, -0.2) is 4.68 Å². The number of nitrogens with one attached hydrogen (secondary N) is 1. The van der Waals surface area contributed by atoms with Crippen LogP contribution in [-0.4, -0.2) is 55.8 Å². The Hall–Kier alpha value is -2.74. The lowest BCUT2D eigenvalue weighted by molar-refractivity contribution is 0.0839. The predicted molar refractivity (Wildman–Crippen MR) is 113 cm³/mol. The van der Waals surface area contributed by atoms with Gasteiger partial charge in [-0.2, -0.15) is 9.97 Å². The van der Waals surface area contributed by atoms with Crippen molar-refractivity contribution in [2.24, 2.45) is 0 Å². The number of aliphatic hydroxyl groups is 1. The Bertz CT molecular complexity index is 1100. The van der Waals surface area contributed by atoms with Crippen molar-refractivity contribution in [2.45, 2.75) is 51.8 Å². The second kappa shape index (κ2) is 5.89. The third-order valence-electron chi connectivity index (χ3n) is 5.62.